The summed E-state index contributed by atoms with van der Waals surface area (Å²) >= 11 is 0. The Labute approximate surface area is 385 Å². The molecule has 2 nitrogen and oxygen atoms in total. The molecule has 1 heterocycles. The molecule has 0 N–H and O–H groups in total. The van der Waals surface area contributed by atoms with Crippen LogP contribution in [-0.2, 0) is 0 Å². The lowest BCUT2D eigenvalue weighted by Gasteiger charge is -2.30. The van der Waals surface area contributed by atoms with E-state index in [9.17, 15) is 0 Å². The molecule has 0 unspecified atom stereocenters. The molecule has 12 rings (SSSR count). The highest BCUT2D eigenvalue weighted by atomic mass is 15.1. The van der Waals surface area contributed by atoms with Crippen molar-refractivity contribution in [2.75, 3.05) is 4.90 Å². The summed E-state index contributed by atoms with van der Waals surface area (Å²) in [4.78, 5) is 2.48. The first-order valence-electron chi connectivity index (χ1n) is 22.7. The second kappa shape index (κ2) is 16.8. The SMILES string of the molecule is c1ccc(-c2ccc(-c3ccccc3N(c3cccc(-c4cccc5c6ccccc6n(-c6ccccc6)c45)c3)c3ccccc3-c3cccc4cccc(-c5ccccc5)c34)cc2)cc1. The van der Waals surface area contributed by atoms with Crippen LogP contribution in [0.15, 0.2) is 267 Å². The van der Waals surface area contributed by atoms with Crippen LogP contribution in [-0.4, -0.2) is 4.57 Å². The number of benzene rings is 11. The highest BCUT2D eigenvalue weighted by molar-refractivity contribution is 6.14. The van der Waals surface area contributed by atoms with E-state index < -0.39 is 0 Å². The van der Waals surface area contributed by atoms with Crippen LogP contribution in [0.5, 0.6) is 0 Å². The number of hydrogen-bond acceptors (Lipinski definition) is 1. The molecule has 0 amide bonds. The molecule has 1 aromatic heterocycles. The fraction of sp³-hybridized carbons (Fsp3) is 0. The van der Waals surface area contributed by atoms with Crippen LogP contribution in [0.2, 0.25) is 0 Å². The number of hydrogen-bond donors (Lipinski definition) is 0. The van der Waals surface area contributed by atoms with Crippen molar-refractivity contribution in [3.63, 3.8) is 0 Å². The largest absolute Gasteiger partial charge is 0.309 e. The predicted octanol–water partition coefficient (Wildman–Crippen LogP) is 17.7. The minimum absolute atomic E-state index is 1.07. The summed E-state index contributed by atoms with van der Waals surface area (Å²) < 4.78 is 2.43. The van der Waals surface area contributed by atoms with Crippen molar-refractivity contribution in [3.8, 4) is 61.3 Å². The lowest BCUT2D eigenvalue weighted by atomic mass is 9.90. The van der Waals surface area contributed by atoms with Gasteiger partial charge in [0, 0.05) is 38.8 Å². The first-order chi connectivity index (χ1) is 32.8. The van der Waals surface area contributed by atoms with Gasteiger partial charge in [0.05, 0.1) is 22.4 Å². The molecule has 12 aromatic rings. The van der Waals surface area contributed by atoms with Crippen molar-refractivity contribution >= 4 is 49.6 Å². The normalized spacial score (nSPS) is 11.3. The van der Waals surface area contributed by atoms with Gasteiger partial charge in [-0.05, 0) is 92.2 Å². The van der Waals surface area contributed by atoms with Gasteiger partial charge in [-0.3, -0.25) is 0 Å². The second-order valence-electron chi connectivity index (χ2n) is 16.8. The molecular formula is C64H44N2. The maximum absolute atomic E-state index is 2.48. The van der Waals surface area contributed by atoms with Crippen molar-refractivity contribution in [1.82, 2.24) is 4.57 Å². The van der Waals surface area contributed by atoms with E-state index >= 15 is 0 Å². The second-order valence-corrected chi connectivity index (χ2v) is 16.8. The highest BCUT2D eigenvalue weighted by Crippen LogP contribution is 2.48. The Kier molecular flexibility index (Phi) is 9.89. The van der Waals surface area contributed by atoms with Gasteiger partial charge in [0.25, 0.3) is 0 Å². The minimum Gasteiger partial charge on any atom is -0.309 e. The fourth-order valence-corrected chi connectivity index (χ4v) is 10.0. The van der Waals surface area contributed by atoms with Crippen LogP contribution in [0.4, 0.5) is 17.1 Å². The molecule has 0 aliphatic heterocycles. The molecule has 0 saturated heterocycles. The van der Waals surface area contributed by atoms with E-state index in [1.54, 1.807) is 0 Å². The Morgan fingerprint density at radius 2 is 0.773 bits per heavy atom. The summed E-state index contributed by atoms with van der Waals surface area (Å²) in [6.45, 7) is 0. The van der Waals surface area contributed by atoms with Crippen LogP contribution in [0.1, 0.15) is 0 Å². The van der Waals surface area contributed by atoms with E-state index in [4.69, 9.17) is 0 Å². The Hall–Kier alpha value is -8.72. The first-order valence-corrected chi connectivity index (χ1v) is 22.7. The maximum atomic E-state index is 2.48. The number of anilines is 3. The summed E-state index contributed by atoms with van der Waals surface area (Å²) in [6.07, 6.45) is 0. The topological polar surface area (TPSA) is 8.17 Å². The molecule has 0 aliphatic rings. The molecule has 0 radical (unpaired) electrons. The smallest absolute Gasteiger partial charge is 0.0619 e. The summed E-state index contributed by atoms with van der Waals surface area (Å²) in [7, 11) is 0. The quantitative estimate of drug-likeness (QED) is 0.141. The van der Waals surface area contributed by atoms with Gasteiger partial charge in [0.1, 0.15) is 0 Å². The van der Waals surface area contributed by atoms with Crippen LogP contribution >= 0.6 is 0 Å². The predicted molar refractivity (Wildman–Crippen MR) is 280 cm³/mol. The van der Waals surface area contributed by atoms with Gasteiger partial charge in [-0.1, -0.05) is 224 Å². The van der Waals surface area contributed by atoms with E-state index in [0.29, 0.717) is 0 Å². The number of para-hydroxylation sites is 5. The number of fused-ring (bicyclic) bond motifs is 4. The molecular weight excluding hydrogens is 797 g/mol. The molecule has 0 aliphatic carbocycles. The van der Waals surface area contributed by atoms with Crippen LogP contribution < -0.4 is 4.90 Å². The van der Waals surface area contributed by atoms with Crippen molar-refractivity contribution < 1.29 is 0 Å². The van der Waals surface area contributed by atoms with Gasteiger partial charge < -0.3 is 9.47 Å². The van der Waals surface area contributed by atoms with E-state index in [1.807, 2.05) is 0 Å². The summed E-state index contributed by atoms with van der Waals surface area (Å²) in [6, 6.07) is 97.0. The molecule has 0 spiro atoms. The van der Waals surface area contributed by atoms with Crippen molar-refractivity contribution in [1.29, 1.82) is 0 Å². The van der Waals surface area contributed by atoms with E-state index in [0.717, 1.165) is 45.0 Å². The van der Waals surface area contributed by atoms with Gasteiger partial charge in [-0.15, -0.1) is 0 Å². The Morgan fingerprint density at radius 3 is 1.53 bits per heavy atom. The summed E-state index contributed by atoms with van der Waals surface area (Å²) in [5.41, 5.74) is 18.5. The molecule has 66 heavy (non-hydrogen) atoms. The number of nitrogens with zero attached hydrogens (tertiary/aromatic N) is 2. The molecule has 0 bridgehead atoms. The third kappa shape index (κ3) is 6.84. The number of rotatable bonds is 9. The van der Waals surface area contributed by atoms with Gasteiger partial charge in [-0.2, -0.15) is 0 Å². The lowest BCUT2D eigenvalue weighted by Crippen LogP contribution is -2.12. The molecule has 0 fully saturated rings. The number of aromatic nitrogens is 1. The van der Waals surface area contributed by atoms with Gasteiger partial charge in [-0.25, -0.2) is 0 Å². The Balaban J connectivity index is 1.10. The first kappa shape index (κ1) is 38.9. The standard InChI is InChI=1S/C64H44N2/c1-4-20-45(21-5-1)46-40-42-48(43-41-46)53-30-10-13-37-60(53)65(61-38-14-11-31-56(61)58-35-18-25-49-24-17-33-54(63(49)58)47-22-6-2-7-23-47)52-29-16-26-50(44-52)55-34-19-36-59-57-32-12-15-39-62(57)66(64(55)59)51-27-8-3-9-28-51/h1-44H. The van der Waals surface area contributed by atoms with Crippen LogP contribution in [0, 0.1) is 0 Å². The molecule has 2 heteroatoms. The van der Waals surface area contributed by atoms with E-state index in [1.165, 1.54) is 66.0 Å². The zero-order chi connectivity index (χ0) is 43.8. The maximum Gasteiger partial charge on any atom is 0.0619 e. The molecule has 0 saturated carbocycles. The van der Waals surface area contributed by atoms with Gasteiger partial charge in [0.15, 0.2) is 0 Å². The Morgan fingerprint density at radius 1 is 0.288 bits per heavy atom. The average Bonchev–Trinajstić information content (AvgIpc) is 3.74. The van der Waals surface area contributed by atoms with Crippen molar-refractivity contribution in [3.05, 3.63) is 267 Å². The minimum atomic E-state index is 1.07. The van der Waals surface area contributed by atoms with Gasteiger partial charge >= 0.3 is 0 Å². The zero-order valence-electron chi connectivity index (χ0n) is 36.3. The van der Waals surface area contributed by atoms with Crippen molar-refractivity contribution in [2.45, 2.75) is 0 Å². The third-order valence-corrected chi connectivity index (χ3v) is 13.0. The summed E-state index contributed by atoms with van der Waals surface area (Å²) in [5.74, 6) is 0. The van der Waals surface area contributed by atoms with E-state index in [2.05, 4.69) is 276 Å². The lowest BCUT2D eigenvalue weighted by molar-refractivity contribution is 1.18. The molecule has 310 valence electrons. The van der Waals surface area contributed by atoms with Gasteiger partial charge in [0.2, 0.25) is 0 Å². The average molecular weight is 841 g/mol. The van der Waals surface area contributed by atoms with Crippen molar-refractivity contribution in [2.24, 2.45) is 0 Å². The summed E-state index contributed by atoms with van der Waals surface area (Å²) in [5, 5.41) is 4.91. The Bertz CT molecular complexity index is 3680. The molecule has 11 aromatic carbocycles. The molecule has 0 atom stereocenters. The monoisotopic (exact) mass is 840 g/mol. The highest BCUT2D eigenvalue weighted by Gasteiger charge is 2.23. The van der Waals surface area contributed by atoms with Crippen LogP contribution in [0.25, 0.3) is 93.9 Å². The fourth-order valence-electron chi connectivity index (χ4n) is 10.0. The third-order valence-electron chi connectivity index (χ3n) is 13.0. The van der Waals surface area contributed by atoms with Crippen LogP contribution in [0.3, 0.4) is 0 Å². The van der Waals surface area contributed by atoms with E-state index in [-0.39, 0.29) is 0 Å². The zero-order valence-corrected chi connectivity index (χ0v) is 36.3.